The van der Waals surface area contributed by atoms with Crippen LogP contribution in [-0.2, 0) is 0 Å². The maximum Gasteiger partial charge on any atom is 0.138 e. The van der Waals surface area contributed by atoms with Crippen LogP contribution in [0.1, 0.15) is 22.7 Å². The molecule has 21 heavy (non-hydrogen) atoms. The molecule has 0 aliphatic heterocycles. The Kier molecular flexibility index (Phi) is 5.72. The summed E-state index contributed by atoms with van der Waals surface area (Å²) in [6.07, 6.45) is 0. The minimum absolute atomic E-state index is 0.00699. The van der Waals surface area contributed by atoms with Crippen LogP contribution in [0, 0.1) is 6.92 Å². The number of rotatable bonds is 4. The summed E-state index contributed by atoms with van der Waals surface area (Å²) in [5.41, 5.74) is 3.37. The van der Waals surface area contributed by atoms with Crippen molar-refractivity contribution in [2.45, 2.75) is 13.0 Å². The summed E-state index contributed by atoms with van der Waals surface area (Å²) < 4.78 is 7.48. The molecule has 0 heterocycles. The molecule has 1 unspecified atom stereocenters. The quantitative estimate of drug-likeness (QED) is 0.688. The van der Waals surface area contributed by atoms with Gasteiger partial charge in [-0.1, -0.05) is 39.7 Å². The summed E-state index contributed by atoms with van der Waals surface area (Å²) in [4.78, 5) is 0. The molecule has 0 bridgehead atoms. The normalized spacial score (nSPS) is 12.3. The lowest BCUT2D eigenvalue weighted by Gasteiger charge is -2.23. The standard InChI is InChI=1S/C16H16Br2ClNO/c1-9-11(5-4-6-13(9)17)15(20-2)12-7-10(19)8-14(18)16(12)21-3/h4-8,15,20H,1-3H3. The SMILES string of the molecule is CNC(c1cccc(Br)c1C)c1cc(Cl)cc(Br)c1OC. The first-order chi connectivity index (χ1) is 9.99. The van der Waals surface area contributed by atoms with Gasteiger partial charge in [0.05, 0.1) is 17.6 Å². The Hall–Kier alpha value is -0.550. The molecule has 5 heteroatoms. The van der Waals surface area contributed by atoms with Crippen LogP contribution in [0.15, 0.2) is 39.3 Å². The van der Waals surface area contributed by atoms with Crippen molar-refractivity contribution in [1.29, 1.82) is 0 Å². The van der Waals surface area contributed by atoms with Crippen LogP contribution in [0.3, 0.4) is 0 Å². The monoisotopic (exact) mass is 431 g/mol. The molecule has 2 rings (SSSR count). The van der Waals surface area contributed by atoms with Crippen LogP contribution in [0.4, 0.5) is 0 Å². The molecule has 0 saturated carbocycles. The average Bonchev–Trinajstić information content (AvgIpc) is 2.44. The van der Waals surface area contributed by atoms with Crippen LogP contribution >= 0.6 is 43.5 Å². The van der Waals surface area contributed by atoms with Gasteiger partial charge >= 0.3 is 0 Å². The fourth-order valence-electron chi connectivity index (χ4n) is 2.43. The second kappa shape index (κ2) is 7.14. The molecule has 1 atom stereocenters. The van der Waals surface area contributed by atoms with Crippen molar-refractivity contribution in [3.05, 3.63) is 61.0 Å². The summed E-state index contributed by atoms with van der Waals surface area (Å²) in [5, 5.41) is 4.02. The van der Waals surface area contributed by atoms with Crippen molar-refractivity contribution in [2.75, 3.05) is 14.2 Å². The molecule has 0 radical (unpaired) electrons. The third-order valence-corrected chi connectivity index (χ3v) is 5.13. The smallest absolute Gasteiger partial charge is 0.138 e. The first-order valence-electron chi connectivity index (χ1n) is 6.44. The molecule has 0 amide bonds. The predicted octanol–water partition coefficient (Wildman–Crippen LogP) is 5.49. The number of ether oxygens (including phenoxy) is 1. The Balaban J connectivity index is 2.64. The minimum atomic E-state index is -0.00699. The molecule has 1 N–H and O–H groups in total. The molecule has 0 fully saturated rings. The van der Waals surface area contributed by atoms with Crippen molar-refractivity contribution in [3.63, 3.8) is 0 Å². The van der Waals surface area contributed by atoms with E-state index in [0.717, 1.165) is 20.3 Å². The number of halogens is 3. The second-order valence-corrected chi connectivity index (χ2v) is 6.83. The predicted molar refractivity (Wildman–Crippen MR) is 95.5 cm³/mol. The van der Waals surface area contributed by atoms with Crippen LogP contribution in [0.2, 0.25) is 5.02 Å². The van der Waals surface area contributed by atoms with E-state index in [2.05, 4.69) is 50.2 Å². The molecular formula is C16H16Br2ClNO. The highest BCUT2D eigenvalue weighted by Crippen LogP contribution is 2.39. The van der Waals surface area contributed by atoms with Crippen molar-refractivity contribution in [1.82, 2.24) is 5.32 Å². The number of hydrogen-bond acceptors (Lipinski definition) is 2. The summed E-state index contributed by atoms with van der Waals surface area (Å²) in [6.45, 7) is 2.09. The molecule has 0 saturated heterocycles. The van der Waals surface area contributed by atoms with Gasteiger partial charge in [-0.2, -0.15) is 0 Å². The van der Waals surface area contributed by atoms with E-state index in [9.17, 15) is 0 Å². The lowest BCUT2D eigenvalue weighted by Crippen LogP contribution is -2.19. The number of methoxy groups -OCH3 is 1. The maximum atomic E-state index is 6.22. The van der Waals surface area contributed by atoms with Gasteiger partial charge < -0.3 is 10.1 Å². The van der Waals surface area contributed by atoms with Crippen molar-refractivity contribution < 1.29 is 4.74 Å². The highest BCUT2D eigenvalue weighted by atomic mass is 79.9. The van der Waals surface area contributed by atoms with E-state index in [1.165, 1.54) is 11.1 Å². The fourth-order valence-corrected chi connectivity index (χ4v) is 3.80. The third kappa shape index (κ3) is 3.45. The Morgan fingerprint density at radius 2 is 1.86 bits per heavy atom. The van der Waals surface area contributed by atoms with Crippen LogP contribution < -0.4 is 10.1 Å². The van der Waals surface area contributed by atoms with Gasteiger partial charge in [0, 0.05) is 15.1 Å². The molecule has 2 aromatic carbocycles. The lowest BCUT2D eigenvalue weighted by atomic mass is 9.94. The largest absolute Gasteiger partial charge is 0.495 e. The Morgan fingerprint density at radius 3 is 2.48 bits per heavy atom. The average molecular weight is 434 g/mol. The molecule has 0 aliphatic carbocycles. The molecular weight excluding hydrogens is 417 g/mol. The highest BCUT2D eigenvalue weighted by molar-refractivity contribution is 9.10. The van der Waals surface area contributed by atoms with Gasteiger partial charge in [0.1, 0.15) is 5.75 Å². The molecule has 2 nitrogen and oxygen atoms in total. The zero-order chi connectivity index (χ0) is 15.6. The summed E-state index contributed by atoms with van der Waals surface area (Å²) in [7, 11) is 3.59. The van der Waals surface area contributed by atoms with Crippen LogP contribution in [0.25, 0.3) is 0 Å². The Labute approximate surface area is 147 Å². The molecule has 0 spiro atoms. The van der Waals surface area contributed by atoms with Gasteiger partial charge in [-0.15, -0.1) is 0 Å². The first-order valence-corrected chi connectivity index (χ1v) is 8.41. The van der Waals surface area contributed by atoms with E-state index in [0.29, 0.717) is 5.02 Å². The summed E-state index contributed by atoms with van der Waals surface area (Å²) in [6, 6.07) is 9.94. The number of benzene rings is 2. The first kappa shape index (κ1) is 16.8. The van der Waals surface area contributed by atoms with Crippen LogP contribution in [-0.4, -0.2) is 14.2 Å². The van der Waals surface area contributed by atoms with Crippen molar-refractivity contribution >= 4 is 43.5 Å². The van der Waals surface area contributed by atoms with Gasteiger partial charge in [0.2, 0.25) is 0 Å². The maximum absolute atomic E-state index is 6.22. The van der Waals surface area contributed by atoms with Gasteiger partial charge in [-0.25, -0.2) is 0 Å². The second-order valence-electron chi connectivity index (χ2n) is 4.69. The number of nitrogens with one attached hydrogen (secondary N) is 1. The van der Waals surface area contributed by atoms with Crippen LogP contribution in [0.5, 0.6) is 5.75 Å². The fraction of sp³-hybridized carbons (Fsp3) is 0.250. The van der Waals surface area contributed by atoms with E-state index in [1.807, 2.05) is 31.3 Å². The zero-order valence-electron chi connectivity index (χ0n) is 12.0. The van der Waals surface area contributed by atoms with Gasteiger partial charge in [-0.3, -0.25) is 0 Å². The van der Waals surface area contributed by atoms with Crippen molar-refractivity contribution in [3.8, 4) is 5.75 Å². The Bertz CT molecular complexity index is 661. The van der Waals surface area contributed by atoms with E-state index in [-0.39, 0.29) is 6.04 Å². The van der Waals surface area contributed by atoms with E-state index >= 15 is 0 Å². The molecule has 112 valence electrons. The van der Waals surface area contributed by atoms with E-state index in [1.54, 1.807) is 7.11 Å². The molecule has 0 aromatic heterocycles. The highest BCUT2D eigenvalue weighted by Gasteiger charge is 2.21. The van der Waals surface area contributed by atoms with Gasteiger partial charge in [-0.05, 0) is 59.2 Å². The third-order valence-electron chi connectivity index (χ3n) is 3.46. The molecule has 0 aliphatic rings. The zero-order valence-corrected chi connectivity index (χ0v) is 15.9. The topological polar surface area (TPSA) is 21.3 Å². The summed E-state index contributed by atoms with van der Waals surface area (Å²) in [5.74, 6) is 0.790. The Morgan fingerprint density at radius 1 is 1.14 bits per heavy atom. The number of hydrogen-bond donors (Lipinski definition) is 1. The minimum Gasteiger partial charge on any atom is -0.495 e. The van der Waals surface area contributed by atoms with Gasteiger partial charge in [0.15, 0.2) is 0 Å². The van der Waals surface area contributed by atoms with E-state index in [4.69, 9.17) is 16.3 Å². The lowest BCUT2D eigenvalue weighted by molar-refractivity contribution is 0.402. The van der Waals surface area contributed by atoms with Crippen molar-refractivity contribution in [2.24, 2.45) is 0 Å². The van der Waals surface area contributed by atoms with Gasteiger partial charge in [0.25, 0.3) is 0 Å². The molecule has 2 aromatic rings. The summed E-state index contributed by atoms with van der Waals surface area (Å²) >= 11 is 13.3. The van der Waals surface area contributed by atoms with E-state index < -0.39 is 0 Å².